The number of hydrogen-bond acceptors (Lipinski definition) is 6. The van der Waals surface area contributed by atoms with E-state index >= 15 is 0 Å². The van der Waals surface area contributed by atoms with Gasteiger partial charge in [-0.2, -0.15) is 0 Å². The molecule has 1 aliphatic rings. The van der Waals surface area contributed by atoms with Gasteiger partial charge in [0.05, 0.1) is 6.10 Å². The summed E-state index contributed by atoms with van der Waals surface area (Å²) >= 11 is 3.48. The van der Waals surface area contributed by atoms with E-state index in [0.29, 0.717) is 11.2 Å². The van der Waals surface area contributed by atoms with E-state index < -0.39 is 6.09 Å². The Morgan fingerprint density at radius 2 is 1.93 bits per heavy atom. The number of rotatable bonds is 6. The highest BCUT2D eigenvalue weighted by Crippen LogP contribution is 2.40. The van der Waals surface area contributed by atoms with E-state index in [4.69, 9.17) is 4.74 Å². The maximum atomic E-state index is 11.9. The average Bonchev–Trinajstić information content (AvgIpc) is 3.11. The van der Waals surface area contributed by atoms with Crippen molar-refractivity contribution in [2.45, 2.75) is 82.0 Å². The number of thioether (sulfide) groups is 1. The summed E-state index contributed by atoms with van der Waals surface area (Å²) in [5.74, 6) is 0.563. The van der Waals surface area contributed by atoms with Crippen molar-refractivity contribution in [2.24, 2.45) is 0 Å². The molecule has 0 aliphatic heterocycles. The van der Waals surface area contributed by atoms with E-state index in [1.165, 1.54) is 32.1 Å². The van der Waals surface area contributed by atoms with Gasteiger partial charge in [0.1, 0.15) is 10.0 Å². The van der Waals surface area contributed by atoms with Crippen molar-refractivity contribution in [1.29, 1.82) is 0 Å². The average molecular weight is 420 g/mol. The van der Waals surface area contributed by atoms with Crippen molar-refractivity contribution in [2.75, 3.05) is 5.32 Å². The molecule has 1 aromatic carbocycles. The summed E-state index contributed by atoms with van der Waals surface area (Å²) in [6.07, 6.45) is 5.79. The molecule has 1 saturated carbocycles. The van der Waals surface area contributed by atoms with Gasteiger partial charge in [-0.15, -0.1) is 22.0 Å². The SMILES string of the molecule is CC(C)OC(=O)Nc1ccc(-c2nnc(C3CCCCC3)s2)c(SC(C)C)c1. The fourth-order valence-corrected chi connectivity index (χ4v) is 5.46. The molecule has 1 aliphatic carbocycles. The van der Waals surface area contributed by atoms with Crippen molar-refractivity contribution in [3.63, 3.8) is 0 Å². The summed E-state index contributed by atoms with van der Waals surface area (Å²) in [5.41, 5.74) is 1.82. The number of amides is 1. The van der Waals surface area contributed by atoms with Crippen LogP contribution in [0.4, 0.5) is 10.5 Å². The molecule has 1 heterocycles. The monoisotopic (exact) mass is 419 g/mol. The number of aromatic nitrogens is 2. The second-order valence-electron chi connectivity index (χ2n) is 7.74. The molecule has 1 fully saturated rings. The van der Waals surface area contributed by atoms with Gasteiger partial charge >= 0.3 is 6.09 Å². The van der Waals surface area contributed by atoms with E-state index in [2.05, 4.69) is 29.4 Å². The summed E-state index contributed by atoms with van der Waals surface area (Å²) in [7, 11) is 0. The first-order valence-corrected chi connectivity index (χ1v) is 11.7. The fraction of sp³-hybridized carbons (Fsp3) is 0.571. The Kier molecular flexibility index (Phi) is 7.35. The summed E-state index contributed by atoms with van der Waals surface area (Å²) < 4.78 is 5.18. The lowest BCUT2D eigenvalue weighted by Crippen LogP contribution is -2.18. The Morgan fingerprint density at radius 3 is 2.61 bits per heavy atom. The van der Waals surface area contributed by atoms with Gasteiger partial charge in [0, 0.05) is 27.3 Å². The standard InChI is InChI=1S/C21H29N3O2S2/c1-13(2)26-21(25)22-16-10-11-17(18(12-16)27-14(3)4)20-24-23-19(28-20)15-8-6-5-7-9-15/h10-15H,5-9H2,1-4H3,(H,22,25). The predicted octanol–water partition coefficient (Wildman–Crippen LogP) is 6.71. The number of benzene rings is 1. The first-order valence-electron chi connectivity index (χ1n) is 10.0. The molecule has 0 saturated heterocycles. The first-order chi connectivity index (χ1) is 13.4. The van der Waals surface area contributed by atoms with Gasteiger partial charge in [-0.1, -0.05) is 44.4 Å². The van der Waals surface area contributed by atoms with Crippen LogP contribution >= 0.6 is 23.1 Å². The van der Waals surface area contributed by atoms with Crippen LogP contribution in [0.1, 0.15) is 70.7 Å². The minimum atomic E-state index is -0.432. The van der Waals surface area contributed by atoms with Gasteiger partial charge in [0.25, 0.3) is 0 Å². The van der Waals surface area contributed by atoms with Crippen LogP contribution in [-0.4, -0.2) is 27.6 Å². The Balaban J connectivity index is 1.83. The largest absolute Gasteiger partial charge is 0.447 e. The third-order valence-electron chi connectivity index (χ3n) is 4.56. The Labute approximate surface area is 175 Å². The molecule has 0 bridgehead atoms. The van der Waals surface area contributed by atoms with E-state index in [1.807, 2.05) is 32.0 Å². The lowest BCUT2D eigenvalue weighted by Gasteiger charge is -2.18. The third kappa shape index (κ3) is 5.70. The Morgan fingerprint density at radius 1 is 1.18 bits per heavy atom. The number of carbonyl (C=O) groups is 1. The zero-order chi connectivity index (χ0) is 20.1. The Hall–Kier alpha value is -1.60. The second kappa shape index (κ2) is 9.74. The van der Waals surface area contributed by atoms with Crippen LogP contribution in [-0.2, 0) is 4.74 Å². The van der Waals surface area contributed by atoms with Gasteiger partial charge in [-0.05, 0) is 44.9 Å². The number of nitrogens with zero attached hydrogens (tertiary/aromatic N) is 2. The van der Waals surface area contributed by atoms with Crippen LogP contribution in [0.5, 0.6) is 0 Å². The molecule has 0 radical (unpaired) electrons. The minimum Gasteiger partial charge on any atom is -0.447 e. The van der Waals surface area contributed by atoms with E-state index in [0.717, 1.165) is 26.2 Å². The van der Waals surface area contributed by atoms with E-state index in [-0.39, 0.29) is 6.10 Å². The highest BCUT2D eigenvalue weighted by atomic mass is 32.2. The molecule has 1 aromatic heterocycles. The molecule has 7 heteroatoms. The number of ether oxygens (including phenoxy) is 1. The summed E-state index contributed by atoms with van der Waals surface area (Å²) in [6, 6.07) is 5.94. The number of carbonyl (C=O) groups excluding carboxylic acids is 1. The van der Waals surface area contributed by atoms with Crippen LogP contribution in [0.3, 0.4) is 0 Å². The number of anilines is 1. The number of hydrogen-bond donors (Lipinski definition) is 1. The fourth-order valence-electron chi connectivity index (χ4n) is 3.35. The molecule has 0 spiro atoms. The smallest absolute Gasteiger partial charge is 0.411 e. The number of nitrogens with one attached hydrogen (secondary N) is 1. The van der Waals surface area contributed by atoms with Crippen molar-refractivity contribution in [3.05, 3.63) is 23.2 Å². The van der Waals surface area contributed by atoms with Crippen molar-refractivity contribution in [1.82, 2.24) is 10.2 Å². The van der Waals surface area contributed by atoms with E-state index in [1.54, 1.807) is 23.1 Å². The van der Waals surface area contributed by atoms with Crippen LogP contribution in [0.25, 0.3) is 10.6 Å². The molecule has 2 aromatic rings. The van der Waals surface area contributed by atoms with Crippen LogP contribution < -0.4 is 5.32 Å². The van der Waals surface area contributed by atoms with Gasteiger partial charge in [-0.25, -0.2) is 4.79 Å². The molecule has 5 nitrogen and oxygen atoms in total. The normalized spacial score (nSPS) is 15.2. The Bertz CT molecular complexity index is 799. The lowest BCUT2D eigenvalue weighted by molar-refractivity contribution is 0.130. The third-order valence-corrected chi connectivity index (χ3v) is 6.74. The van der Waals surface area contributed by atoms with Crippen LogP contribution in [0, 0.1) is 0 Å². The summed E-state index contributed by atoms with van der Waals surface area (Å²) in [4.78, 5) is 13.0. The molecule has 3 rings (SSSR count). The predicted molar refractivity (Wildman–Crippen MR) is 117 cm³/mol. The maximum Gasteiger partial charge on any atom is 0.411 e. The molecular weight excluding hydrogens is 390 g/mol. The van der Waals surface area contributed by atoms with Gasteiger partial charge in [0.15, 0.2) is 0 Å². The topological polar surface area (TPSA) is 64.1 Å². The minimum absolute atomic E-state index is 0.150. The molecule has 0 unspecified atom stereocenters. The highest BCUT2D eigenvalue weighted by molar-refractivity contribution is 8.00. The van der Waals surface area contributed by atoms with Gasteiger partial charge in [0.2, 0.25) is 0 Å². The second-order valence-corrected chi connectivity index (χ2v) is 10.4. The lowest BCUT2D eigenvalue weighted by atomic mass is 9.90. The molecule has 0 atom stereocenters. The van der Waals surface area contributed by atoms with Crippen molar-refractivity contribution in [3.8, 4) is 10.6 Å². The summed E-state index contributed by atoms with van der Waals surface area (Å²) in [6.45, 7) is 7.99. The maximum absolute atomic E-state index is 11.9. The van der Waals surface area contributed by atoms with Crippen molar-refractivity contribution < 1.29 is 9.53 Å². The van der Waals surface area contributed by atoms with Crippen molar-refractivity contribution >= 4 is 34.9 Å². The molecule has 152 valence electrons. The summed E-state index contributed by atoms with van der Waals surface area (Å²) in [5, 5.41) is 14.4. The molecule has 1 amide bonds. The van der Waals surface area contributed by atoms with Gasteiger partial charge < -0.3 is 4.74 Å². The zero-order valence-electron chi connectivity index (χ0n) is 17.0. The van der Waals surface area contributed by atoms with Crippen LogP contribution in [0.2, 0.25) is 0 Å². The molecule has 1 N–H and O–H groups in total. The van der Waals surface area contributed by atoms with E-state index in [9.17, 15) is 4.79 Å². The quantitative estimate of drug-likeness (QED) is 0.527. The molecule has 28 heavy (non-hydrogen) atoms. The molecular formula is C21H29N3O2S2. The highest BCUT2D eigenvalue weighted by Gasteiger charge is 2.21. The van der Waals surface area contributed by atoms with Crippen LogP contribution in [0.15, 0.2) is 23.1 Å². The first kappa shape index (κ1) is 21.1. The van der Waals surface area contributed by atoms with Gasteiger partial charge in [-0.3, -0.25) is 5.32 Å². The zero-order valence-corrected chi connectivity index (χ0v) is 18.7.